The summed E-state index contributed by atoms with van der Waals surface area (Å²) >= 11 is 6.04. The van der Waals surface area contributed by atoms with Gasteiger partial charge in [-0.15, -0.1) is 0 Å². The highest BCUT2D eigenvalue weighted by Gasteiger charge is 2.11. The van der Waals surface area contributed by atoms with Crippen LogP contribution in [0.2, 0.25) is 5.02 Å². The van der Waals surface area contributed by atoms with Crippen LogP contribution in [0.4, 0.5) is 4.39 Å². The Labute approximate surface area is 129 Å². The number of halogens is 2. The fourth-order valence-electron chi connectivity index (χ4n) is 2.27. The Kier molecular flexibility index (Phi) is 6.18. The lowest BCUT2D eigenvalue weighted by Crippen LogP contribution is -2.21. The normalized spacial score (nSPS) is 12.3. The molecule has 0 saturated heterocycles. The van der Waals surface area contributed by atoms with E-state index in [1.54, 1.807) is 6.07 Å². The molecule has 2 aromatic carbocycles. The molecular formula is C17H19ClFNO. The summed E-state index contributed by atoms with van der Waals surface area (Å²) in [5.74, 6) is -0.330. The topological polar surface area (TPSA) is 32.3 Å². The van der Waals surface area contributed by atoms with Crippen LogP contribution < -0.4 is 5.32 Å². The first-order valence-corrected chi connectivity index (χ1v) is 7.41. The molecule has 112 valence electrons. The predicted octanol–water partition coefficient (Wildman–Crippen LogP) is 4.08. The molecule has 0 aliphatic heterocycles. The summed E-state index contributed by atoms with van der Waals surface area (Å²) in [6.07, 6.45) is 1.56. The second-order valence-corrected chi connectivity index (χ2v) is 5.35. The van der Waals surface area contributed by atoms with Crippen molar-refractivity contribution in [3.63, 3.8) is 0 Å². The number of aliphatic hydroxyl groups excluding tert-OH is 1. The molecule has 0 radical (unpaired) electrons. The van der Waals surface area contributed by atoms with Crippen molar-refractivity contribution in [2.45, 2.75) is 25.4 Å². The lowest BCUT2D eigenvalue weighted by molar-refractivity contribution is 0.275. The summed E-state index contributed by atoms with van der Waals surface area (Å²) in [5, 5.41) is 12.9. The Morgan fingerprint density at radius 2 is 1.90 bits per heavy atom. The van der Waals surface area contributed by atoms with Crippen LogP contribution in [-0.4, -0.2) is 11.7 Å². The fourth-order valence-corrected chi connectivity index (χ4v) is 2.50. The van der Waals surface area contributed by atoms with Crippen molar-refractivity contribution in [3.05, 3.63) is 70.5 Å². The Bertz CT molecular complexity index is 562. The minimum absolute atomic E-state index is 0.138. The van der Waals surface area contributed by atoms with Crippen molar-refractivity contribution in [2.24, 2.45) is 0 Å². The standard InChI is InChI=1S/C17H19ClFNO/c18-16-11-15(19)9-8-14(16)12-20-17(7-4-10-21)13-5-2-1-3-6-13/h1-3,5-6,8-9,11,17,20-21H,4,7,10,12H2. The molecule has 1 atom stereocenters. The Hall–Kier alpha value is -1.42. The third kappa shape index (κ3) is 4.81. The second kappa shape index (κ2) is 8.13. The van der Waals surface area contributed by atoms with Crippen molar-refractivity contribution in [1.29, 1.82) is 0 Å². The lowest BCUT2D eigenvalue weighted by Gasteiger charge is -2.19. The fraction of sp³-hybridized carbons (Fsp3) is 0.294. The zero-order valence-corrected chi connectivity index (χ0v) is 12.5. The van der Waals surface area contributed by atoms with E-state index in [0.29, 0.717) is 11.6 Å². The van der Waals surface area contributed by atoms with Gasteiger partial charge in [-0.25, -0.2) is 4.39 Å². The van der Waals surface area contributed by atoms with Crippen molar-refractivity contribution >= 4 is 11.6 Å². The molecule has 0 spiro atoms. The molecule has 0 fully saturated rings. The van der Waals surface area contributed by atoms with Crippen LogP contribution in [0.3, 0.4) is 0 Å². The molecule has 0 saturated carbocycles. The van der Waals surface area contributed by atoms with Crippen LogP contribution in [0.1, 0.15) is 30.0 Å². The average Bonchev–Trinajstić information content (AvgIpc) is 2.50. The molecule has 4 heteroatoms. The van der Waals surface area contributed by atoms with Crippen LogP contribution in [0.15, 0.2) is 48.5 Å². The third-order valence-corrected chi connectivity index (χ3v) is 3.76. The smallest absolute Gasteiger partial charge is 0.124 e. The molecule has 21 heavy (non-hydrogen) atoms. The zero-order valence-electron chi connectivity index (χ0n) is 11.7. The minimum atomic E-state index is -0.330. The van der Waals surface area contributed by atoms with Crippen LogP contribution in [0.25, 0.3) is 0 Å². The Morgan fingerprint density at radius 3 is 2.57 bits per heavy atom. The Morgan fingerprint density at radius 1 is 1.14 bits per heavy atom. The number of benzene rings is 2. The van der Waals surface area contributed by atoms with Crippen LogP contribution in [0, 0.1) is 5.82 Å². The van der Waals surface area contributed by atoms with E-state index in [9.17, 15) is 4.39 Å². The first kappa shape index (κ1) is 16.0. The molecule has 2 rings (SSSR count). The average molecular weight is 308 g/mol. The molecule has 2 nitrogen and oxygen atoms in total. The lowest BCUT2D eigenvalue weighted by atomic mass is 10.0. The van der Waals surface area contributed by atoms with Crippen molar-refractivity contribution in [2.75, 3.05) is 6.61 Å². The molecule has 0 amide bonds. The van der Waals surface area contributed by atoms with Gasteiger partial charge in [-0.2, -0.15) is 0 Å². The summed E-state index contributed by atoms with van der Waals surface area (Å²) in [7, 11) is 0. The third-order valence-electron chi connectivity index (χ3n) is 3.41. The quantitative estimate of drug-likeness (QED) is 0.808. The van der Waals surface area contributed by atoms with E-state index in [-0.39, 0.29) is 18.5 Å². The van der Waals surface area contributed by atoms with Gasteiger partial charge in [0, 0.05) is 24.2 Å². The van der Waals surface area contributed by atoms with Gasteiger partial charge in [0.2, 0.25) is 0 Å². The van der Waals surface area contributed by atoms with Gasteiger partial charge >= 0.3 is 0 Å². The summed E-state index contributed by atoms with van der Waals surface area (Å²) < 4.78 is 13.0. The summed E-state index contributed by atoms with van der Waals surface area (Å²) in [5.41, 5.74) is 2.03. The summed E-state index contributed by atoms with van der Waals surface area (Å²) in [6, 6.07) is 14.6. The SMILES string of the molecule is OCCCC(NCc1ccc(F)cc1Cl)c1ccccc1. The van der Waals surface area contributed by atoms with Crippen LogP contribution in [-0.2, 0) is 6.54 Å². The maximum atomic E-state index is 13.0. The molecule has 0 bridgehead atoms. The molecule has 0 aliphatic rings. The maximum Gasteiger partial charge on any atom is 0.124 e. The van der Waals surface area contributed by atoms with E-state index in [0.717, 1.165) is 18.4 Å². The van der Waals surface area contributed by atoms with Crippen molar-refractivity contribution < 1.29 is 9.50 Å². The maximum absolute atomic E-state index is 13.0. The minimum Gasteiger partial charge on any atom is -0.396 e. The van der Waals surface area contributed by atoms with Crippen molar-refractivity contribution in [1.82, 2.24) is 5.32 Å². The van der Waals surface area contributed by atoms with Gasteiger partial charge in [0.05, 0.1) is 0 Å². The van der Waals surface area contributed by atoms with Crippen LogP contribution in [0.5, 0.6) is 0 Å². The molecule has 1 unspecified atom stereocenters. The number of hydrogen-bond acceptors (Lipinski definition) is 2. The highest BCUT2D eigenvalue weighted by Crippen LogP contribution is 2.21. The first-order valence-electron chi connectivity index (χ1n) is 7.04. The molecule has 0 aliphatic carbocycles. The molecule has 2 aromatic rings. The molecule has 0 heterocycles. The highest BCUT2D eigenvalue weighted by atomic mass is 35.5. The van der Waals surface area contributed by atoms with E-state index in [2.05, 4.69) is 17.4 Å². The van der Waals surface area contributed by atoms with Gasteiger partial charge in [0.1, 0.15) is 5.82 Å². The van der Waals surface area contributed by atoms with E-state index < -0.39 is 0 Å². The van der Waals surface area contributed by atoms with Gasteiger partial charge in [0.25, 0.3) is 0 Å². The van der Waals surface area contributed by atoms with Gasteiger partial charge in [0.15, 0.2) is 0 Å². The second-order valence-electron chi connectivity index (χ2n) is 4.95. The monoisotopic (exact) mass is 307 g/mol. The zero-order chi connectivity index (χ0) is 15.1. The Balaban J connectivity index is 2.05. The number of rotatable bonds is 7. The highest BCUT2D eigenvalue weighted by molar-refractivity contribution is 6.31. The number of hydrogen-bond donors (Lipinski definition) is 2. The number of aliphatic hydroxyl groups is 1. The molecule has 2 N–H and O–H groups in total. The van der Waals surface area contributed by atoms with Crippen LogP contribution >= 0.6 is 11.6 Å². The van der Waals surface area contributed by atoms with E-state index in [4.69, 9.17) is 16.7 Å². The van der Waals surface area contributed by atoms with Gasteiger partial charge in [-0.1, -0.05) is 48.0 Å². The largest absolute Gasteiger partial charge is 0.396 e. The van der Waals surface area contributed by atoms with E-state index in [1.165, 1.54) is 17.7 Å². The summed E-state index contributed by atoms with van der Waals surface area (Å²) in [4.78, 5) is 0. The van der Waals surface area contributed by atoms with Gasteiger partial charge in [-0.05, 0) is 36.1 Å². The molecular weight excluding hydrogens is 289 g/mol. The van der Waals surface area contributed by atoms with Gasteiger partial charge < -0.3 is 10.4 Å². The molecule has 0 aromatic heterocycles. The van der Waals surface area contributed by atoms with Gasteiger partial charge in [-0.3, -0.25) is 0 Å². The van der Waals surface area contributed by atoms with E-state index in [1.807, 2.05) is 18.2 Å². The number of nitrogens with one attached hydrogen (secondary N) is 1. The van der Waals surface area contributed by atoms with E-state index >= 15 is 0 Å². The summed E-state index contributed by atoms with van der Waals surface area (Å²) in [6.45, 7) is 0.729. The predicted molar refractivity (Wildman–Crippen MR) is 83.8 cm³/mol. The first-order chi connectivity index (χ1) is 10.2. The van der Waals surface area contributed by atoms with Crippen molar-refractivity contribution in [3.8, 4) is 0 Å².